The molecule has 0 N–H and O–H groups in total. The molecule has 80 valence electrons. The van der Waals surface area contributed by atoms with E-state index < -0.39 is 0 Å². The molecular weight excluding hydrogens is 301 g/mol. The van der Waals surface area contributed by atoms with E-state index in [9.17, 15) is 4.79 Å². The topological polar surface area (TPSA) is 20.3 Å². The summed E-state index contributed by atoms with van der Waals surface area (Å²) < 4.78 is 1.23. The van der Waals surface area contributed by atoms with Crippen molar-refractivity contribution in [3.05, 3.63) is 27.3 Å². The smallest absolute Gasteiger partial charge is 0.226 e. The maximum absolute atomic E-state index is 11.7. The molecule has 1 aromatic rings. The first-order valence-corrected chi connectivity index (χ1v) is 6.33. The zero-order valence-electron chi connectivity index (χ0n) is 8.79. The van der Waals surface area contributed by atoms with Crippen molar-refractivity contribution < 1.29 is 4.79 Å². The molecule has 1 aromatic carbocycles. The van der Waals surface area contributed by atoms with E-state index in [1.54, 1.807) is 0 Å². The molecule has 2 rings (SSSR count). The molecule has 1 aliphatic rings. The molecule has 3 heteroatoms. The molecule has 0 saturated carbocycles. The van der Waals surface area contributed by atoms with Crippen LogP contribution in [0.2, 0.25) is 0 Å². The molecule has 0 aliphatic carbocycles. The second kappa shape index (κ2) is 4.51. The summed E-state index contributed by atoms with van der Waals surface area (Å²) >= 11 is 2.32. The Kier molecular flexibility index (Phi) is 3.29. The van der Waals surface area contributed by atoms with Gasteiger partial charge in [0.1, 0.15) is 0 Å². The highest BCUT2D eigenvalue weighted by atomic mass is 127. The molecule has 0 bridgehead atoms. The second-order valence-electron chi connectivity index (χ2n) is 3.94. The number of nitrogens with zero attached hydrogens (tertiary/aromatic N) is 1. The van der Waals surface area contributed by atoms with E-state index in [1.807, 2.05) is 11.0 Å². The first-order valence-electron chi connectivity index (χ1n) is 5.25. The van der Waals surface area contributed by atoms with Crippen molar-refractivity contribution in [2.75, 3.05) is 11.4 Å². The number of carbonyl (C=O) groups is 1. The molecule has 1 fully saturated rings. The van der Waals surface area contributed by atoms with Crippen LogP contribution < -0.4 is 4.90 Å². The molecule has 1 saturated heterocycles. The van der Waals surface area contributed by atoms with Crippen molar-refractivity contribution in [1.82, 2.24) is 0 Å². The predicted molar refractivity (Wildman–Crippen MR) is 70.1 cm³/mol. The highest BCUT2D eigenvalue weighted by Gasteiger charge is 2.19. The number of carbonyl (C=O) groups excluding carboxylic acids is 1. The van der Waals surface area contributed by atoms with Crippen LogP contribution >= 0.6 is 22.6 Å². The van der Waals surface area contributed by atoms with Gasteiger partial charge in [0, 0.05) is 22.2 Å². The fourth-order valence-corrected chi connectivity index (χ4v) is 2.33. The van der Waals surface area contributed by atoms with E-state index in [4.69, 9.17) is 0 Å². The molecule has 2 nitrogen and oxygen atoms in total. The lowest BCUT2D eigenvalue weighted by Gasteiger charge is -2.27. The van der Waals surface area contributed by atoms with Crippen LogP contribution in [-0.2, 0) is 4.79 Å². The van der Waals surface area contributed by atoms with Gasteiger partial charge in [0.25, 0.3) is 0 Å². The molecule has 0 spiro atoms. The van der Waals surface area contributed by atoms with E-state index in [2.05, 4.69) is 41.6 Å². The fraction of sp³-hybridized carbons (Fsp3) is 0.417. The molecule has 0 radical (unpaired) electrons. The molecule has 0 unspecified atom stereocenters. The van der Waals surface area contributed by atoms with E-state index in [0.717, 1.165) is 25.1 Å². The number of piperidine rings is 1. The number of halogens is 1. The van der Waals surface area contributed by atoms with Crippen molar-refractivity contribution in [2.45, 2.75) is 26.2 Å². The number of hydrogen-bond donors (Lipinski definition) is 0. The second-order valence-corrected chi connectivity index (χ2v) is 5.10. The minimum atomic E-state index is 0.265. The Hall–Kier alpha value is -0.580. The zero-order chi connectivity index (χ0) is 10.8. The van der Waals surface area contributed by atoms with Gasteiger partial charge < -0.3 is 4.90 Å². The lowest BCUT2D eigenvalue weighted by atomic mass is 10.1. The summed E-state index contributed by atoms with van der Waals surface area (Å²) in [5.41, 5.74) is 2.32. The van der Waals surface area contributed by atoms with Crippen LogP contribution in [0.3, 0.4) is 0 Å². The number of anilines is 1. The summed E-state index contributed by atoms with van der Waals surface area (Å²) in [7, 11) is 0. The Balaban J connectivity index is 2.28. The number of amides is 1. The molecule has 0 aromatic heterocycles. The van der Waals surface area contributed by atoms with Gasteiger partial charge in [-0.3, -0.25) is 4.79 Å². The van der Waals surface area contributed by atoms with Gasteiger partial charge in [0.2, 0.25) is 5.91 Å². The zero-order valence-corrected chi connectivity index (χ0v) is 11.0. The first-order chi connectivity index (χ1) is 7.18. The molecule has 1 amide bonds. The number of hydrogen-bond acceptors (Lipinski definition) is 1. The highest BCUT2D eigenvalue weighted by molar-refractivity contribution is 14.1. The van der Waals surface area contributed by atoms with Crippen LogP contribution in [0, 0.1) is 10.5 Å². The lowest BCUT2D eigenvalue weighted by molar-refractivity contribution is -0.119. The molecule has 15 heavy (non-hydrogen) atoms. The summed E-state index contributed by atoms with van der Waals surface area (Å²) in [6.45, 7) is 2.96. The summed E-state index contributed by atoms with van der Waals surface area (Å²) in [4.78, 5) is 13.6. The Morgan fingerprint density at radius 3 is 2.80 bits per heavy atom. The molecule has 1 aliphatic heterocycles. The van der Waals surface area contributed by atoms with E-state index in [0.29, 0.717) is 6.42 Å². The minimum absolute atomic E-state index is 0.265. The predicted octanol–water partition coefficient (Wildman–Crippen LogP) is 3.12. The van der Waals surface area contributed by atoms with Gasteiger partial charge in [-0.25, -0.2) is 0 Å². The SMILES string of the molecule is Cc1ccc(N2CCCCC2=O)cc1I. The van der Waals surface area contributed by atoms with Crippen LogP contribution in [0.15, 0.2) is 18.2 Å². The van der Waals surface area contributed by atoms with Gasteiger partial charge in [-0.1, -0.05) is 6.07 Å². The summed E-state index contributed by atoms with van der Waals surface area (Å²) in [6.07, 6.45) is 2.86. The Morgan fingerprint density at radius 1 is 1.33 bits per heavy atom. The highest BCUT2D eigenvalue weighted by Crippen LogP contribution is 2.24. The normalized spacial score (nSPS) is 16.9. The minimum Gasteiger partial charge on any atom is -0.312 e. The molecule has 1 heterocycles. The fourth-order valence-electron chi connectivity index (χ4n) is 1.83. The van der Waals surface area contributed by atoms with Gasteiger partial charge in [-0.05, 0) is 60.1 Å². The maximum Gasteiger partial charge on any atom is 0.226 e. The monoisotopic (exact) mass is 315 g/mol. The van der Waals surface area contributed by atoms with Crippen LogP contribution in [-0.4, -0.2) is 12.5 Å². The van der Waals surface area contributed by atoms with Crippen molar-refractivity contribution in [2.24, 2.45) is 0 Å². The Bertz CT molecular complexity index is 389. The quantitative estimate of drug-likeness (QED) is 0.729. The average Bonchev–Trinajstić information content (AvgIpc) is 2.23. The summed E-state index contributed by atoms with van der Waals surface area (Å²) in [5, 5.41) is 0. The number of rotatable bonds is 1. The van der Waals surface area contributed by atoms with E-state index in [-0.39, 0.29) is 5.91 Å². The number of aryl methyl sites for hydroxylation is 1. The van der Waals surface area contributed by atoms with E-state index in [1.165, 1.54) is 9.13 Å². The largest absolute Gasteiger partial charge is 0.312 e. The summed E-state index contributed by atoms with van der Waals surface area (Å²) in [6, 6.07) is 6.22. The van der Waals surface area contributed by atoms with Crippen molar-refractivity contribution in [3.63, 3.8) is 0 Å². The number of benzene rings is 1. The molecule has 0 atom stereocenters. The third-order valence-electron chi connectivity index (χ3n) is 2.79. The third-order valence-corrected chi connectivity index (χ3v) is 3.95. The van der Waals surface area contributed by atoms with Gasteiger partial charge in [-0.15, -0.1) is 0 Å². The van der Waals surface area contributed by atoms with Crippen LogP contribution in [0.25, 0.3) is 0 Å². The molecular formula is C12H14INO. The lowest BCUT2D eigenvalue weighted by Crippen LogP contribution is -2.35. The van der Waals surface area contributed by atoms with Crippen LogP contribution in [0.4, 0.5) is 5.69 Å². The van der Waals surface area contributed by atoms with Gasteiger partial charge in [0.05, 0.1) is 0 Å². The van der Waals surface area contributed by atoms with E-state index >= 15 is 0 Å². The van der Waals surface area contributed by atoms with Gasteiger partial charge in [0.15, 0.2) is 0 Å². The van der Waals surface area contributed by atoms with Crippen LogP contribution in [0.1, 0.15) is 24.8 Å². The van der Waals surface area contributed by atoms with Crippen molar-refractivity contribution in [1.29, 1.82) is 0 Å². The standard InChI is InChI=1S/C12H14INO/c1-9-5-6-10(8-11(9)13)14-7-3-2-4-12(14)15/h5-6,8H,2-4,7H2,1H3. The Labute approximate surface area is 104 Å². The third kappa shape index (κ3) is 2.33. The average molecular weight is 315 g/mol. The summed E-state index contributed by atoms with van der Waals surface area (Å²) in [5.74, 6) is 0.265. The van der Waals surface area contributed by atoms with Crippen molar-refractivity contribution in [3.8, 4) is 0 Å². The van der Waals surface area contributed by atoms with Crippen molar-refractivity contribution >= 4 is 34.2 Å². The first kappa shape index (κ1) is 10.9. The maximum atomic E-state index is 11.7. The Morgan fingerprint density at radius 2 is 2.13 bits per heavy atom. The van der Waals surface area contributed by atoms with Gasteiger partial charge in [-0.2, -0.15) is 0 Å². The van der Waals surface area contributed by atoms with Crippen LogP contribution in [0.5, 0.6) is 0 Å². The van der Waals surface area contributed by atoms with Gasteiger partial charge >= 0.3 is 0 Å².